The van der Waals surface area contributed by atoms with Crippen molar-refractivity contribution in [1.82, 2.24) is 20.4 Å². The molecule has 1 aromatic carbocycles. The van der Waals surface area contributed by atoms with E-state index in [2.05, 4.69) is 27.0 Å². The van der Waals surface area contributed by atoms with Gasteiger partial charge >= 0.3 is 12.0 Å². The number of carbonyl (C=O) groups is 2. The minimum absolute atomic E-state index is 0.259. The van der Waals surface area contributed by atoms with Gasteiger partial charge in [0.15, 0.2) is 0 Å². The van der Waals surface area contributed by atoms with E-state index in [0.717, 1.165) is 38.3 Å². The minimum Gasteiger partial charge on any atom is -0.497 e. The van der Waals surface area contributed by atoms with Crippen LogP contribution in [0.1, 0.15) is 18.5 Å². The van der Waals surface area contributed by atoms with Crippen LogP contribution in [0.15, 0.2) is 48.2 Å². The molecule has 2 aliphatic rings. The highest BCUT2D eigenvalue weighted by atomic mass is 16.5. The average molecular weight is 415 g/mol. The van der Waals surface area contributed by atoms with Crippen molar-refractivity contribution in [2.45, 2.75) is 13.0 Å². The SMILES string of the molecule is C=CCN1CCN(CC2=C(C(=O)OCC)[C@H](c3cccc(OC)c3)NC(=O)N2)CC1. The molecule has 3 rings (SSSR count). The Morgan fingerprint density at radius 2 is 2.00 bits per heavy atom. The number of nitrogens with one attached hydrogen (secondary N) is 2. The highest BCUT2D eigenvalue weighted by Crippen LogP contribution is 2.30. The van der Waals surface area contributed by atoms with Gasteiger partial charge in [-0.1, -0.05) is 18.2 Å². The Kier molecular flexibility index (Phi) is 7.48. The lowest BCUT2D eigenvalue weighted by Gasteiger charge is -2.36. The number of nitrogens with zero attached hydrogens (tertiary/aromatic N) is 2. The zero-order valence-electron chi connectivity index (χ0n) is 17.6. The summed E-state index contributed by atoms with van der Waals surface area (Å²) in [5.41, 5.74) is 1.78. The van der Waals surface area contributed by atoms with Crippen LogP contribution in [0.3, 0.4) is 0 Å². The van der Waals surface area contributed by atoms with Crippen molar-refractivity contribution in [1.29, 1.82) is 0 Å². The first-order valence-corrected chi connectivity index (χ1v) is 10.2. The average Bonchev–Trinajstić information content (AvgIpc) is 2.75. The highest BCUT2D eigenvalue weighted by Gasteiger charge is 2.34. The van der Waals surface area contributed by atoms with Crippen LogP contribution in [-0.4, -0.2) is 74.8 Å². The third kappa shape index (κ3) is 5.20. The van der Waals surface area contributed by atoms with Gasteiger partial charge < -0.3 is 20.1 Å². The third-order valence-electron chi connectivity index (χ3n) is 5.31. The molecule has 1 aromatic rings. The van der Waals surface area contributed by atoms with E-state index in [0.29, 0.717) is 23.6 Å². The van der Waals surface area contributed by atoms with Crippen LogP contribution in [0.4, 0.5) is 4.79 Å². The fourth-order valence-electron chi connectivity index (χ4n) is 3.80. The number of benzene rings is 1. The molecule has 2 N–H and O–H groups in total. The predicted molar refractivity (Wildman–Crippen MR) is 114 cm³/mol. The maximum atomic E-state index is 12.9. The topological polar surface area (TPSA) is 83.1 Å². The molecule has 2 amide bonds. The van der Waals surface area contributed by atoms with Gasteiger partial charge in [0.1, 0.15) is 5.75 Å². The Morgan fingerprint density at radius 3 is 2.67 bits per heavy atom. The lowest BCUT2D eigenvalue weighted by molar-refractivity contribution is -0.139. The van der Waals surface area contributed by atoms with Crippen molar-refractivity contribution in [3.05, 3.63) is 53.8 Å². The zero-order chi connectivity index (χ0) is 21.5. The molecule has 8 heteroatoms. The second kappa shape index (κ2) is 10.3. The Morgan fingerprint density at radius 1 is 1.27 bits per heavy atom. The van der Waals surface area contributed by atoms with Crippen LogP contribution in [0, 0.1) is 0 Å². The number of hydrogen-bond donors (Lipinski definition) is 2. The van der Waals surface area contributed by atoms with Gasteiger partial charge in [-0.3, -0.25) is 9.80 Å². The molecule has 1 fully saturated rings. The van der Waals surface area contributed by atoms with Gasteiger partial charge in [0, 0.05) is 45.0 Å². The molecule has 0 unspecified atom stereocenters. The van der Waals surface area contributed by atoms with Gasteiger partial charge in [-0.05, 0) is 24.6 Å². The highest BCUT2D eigenvalue weighted by molar-refractivity contribution is 5.95. The summed E-state index contributed by atoms with van der Waals surface area (Å²) in [6.45, 7) is 10.7. The van der Waals surface area contributed by atoms with Gasteiger partial charge in [-0.2, -0.15) is 0 Å². The molecule has 1 atom stereocenters. The Bertz CT molecular complexity index is 815. The monoisotopic (exact) mass is 414 g/mol. The number of carbonyl (C=O) groups excluding carboxylic acids is 2. The van der Waals surface area contributed by atoms with E-state index in [-0.39, 0.29) is 12.6 Å². The summed E-state index contributed by atoms with van der Waals surface area (Å²) in [7, 11) is 1.58. The van der Waals surface area contributed by atoms with Crippen LogP contribution < -0.4 is 15.4 Å². The molecule has 0 bridgehead atoms. The standard InChI is InChI=1S/C22H30N4O4/c1-4-9-25-10-12-26(13-11-25)15-18-19(21(27)30-5-2)20(24-22(28)23-18)16-7-6-8-17(14-16)29-3/h4,6-8,14,20H,1,5,9-13,15H2,2-3H3,(H2,23,24,28)/t20-/m0/s1. The molecule has 162 valence electrons. The summed E-state index contributed by atoms with van der Waals surface area (Å²) in [5, 5.41) is 5.71. The largest absolute Gasteiger partial charge is 0.497 e. The lowest BCUT2D eigenvalue weighted by atomic mass is 9.94. The number of amides is 2. The number of esters is 1. The summed E-state index contributed by atoms with van der Waals surface area (Å²) in [5.74, 6) is 0.224. The molecule has 2 aliphatic heterocycles. The molecule has 8 nitrogen and oxygen atoms in total. The number of hydrogen-bond acceptors (Lipinski definition) is 6. The molecule has 1 saturated heterocycles. The predicted octanol–water partition coefficient (Wildman–Crippen LogP) is 1.67. The second-order valence-corrected chi connectivity index (χ2v) is 7.29. The third-order valence-corrected chi connectivity index (χ3v) is 5.31. The van der Waals surface area contributed by atoms with Crippen LogP contribution in [0.2, 0.25) is 0 Å². The smallest absolute Gasteiger partial charge is 0.338 e. The number of ether oxygens (including phenoxy) is 2. The molecule has 2 heterocycles. The van der Waals surface area contributed by atoms with E-state index >= 15 is 0 Å². The molecule has 0 aromatic heterocycles. The van der Waals surface area contributed by atoms with Crippen molar-refractivity contribution < 1.29 is 19.1 Å². The lowest BCUT2D eigenvalue weighted by Crippen LogP contribution is -2.51. The van der Waals surface area contributed by atoms with Gasteiger partial charge in [-0.25, -0.2) is 9.59 Å². The van der Waals surface area contributed by atoms with Crippen LogP contribution in [-0.2, 0) is 9.53 Å². The van der Waals surface area contributed by atoms with Crippen molar-refractivity contribution in [2.24, 2.45) is 0 Å². The Balaban J connectivity index is 1.89. The Hall–Kier alpha value is -2.84. The molecule has 0 aliphatic carbocycles. The fraction of sp³-hybridized carbons (Fsp3) is 0.455. The minimum atomic E-state index is -0.607. The van der Waals surface area contributed by atoms with Gasteiger partial charge in [0.05, 0.1) is 25.3 Å². The van der Waals surface area contributed by atoms with Gasteiger partial charge in [0.2, 0.25) is 0 Å². The van der Waals surface area contributed by atoms with E-state index in [1.807, 2.05) is 30.3 Å². The van der Waals surface area contributed by atoms with Gasteiger partial charge in [0.25, 0.3) is 0 Å². The molecule has 0 spiro atoms. The first-order chi connectivity index (χ1) is 14.5. The van der Waals surface area contributed by atoms with E-state index in [4.69, 9.17) is 9.47 Å². The van der Waals surface area contributed by atoms with Crippen molar-refractivity contribution in [3.63, 3.8) is 0 Å². The van der Waals surface area contributed by atoms with Crippen LogP contribution in [0.25, 0.3) is 0 Å². The van der Waals surface area contributed by atoms with Crippen molar-refractivity contribution in [2.75, 3.05) is 53.0 Å². The summed E-state index contributed by atoms with van der Waals surface area (Å²) < 4.78 is 10.6. The first-order valence-electron chi connectivity index (χ1n) is 10.2. The number of rotatable bonds is 8. The van der Waals surface area contributed by atoms with E-state index in [1.54, 1.807) is 14.0 Å². The summed E-state index contributed by atoms with van der Waals surface area (Å²) in [6.07, 6.45) is 1.91. The second-order valence-electron chi connectivity index (χ2n) is 7.29. The number of urea groups is 1. The maximum Gasteiger partial charge on any atom is 0.338 e. The molecular formula is C22H30N4O4. The molecule has 30 heavy (non-hydrogen) atoms. The maximum absolute atomic E-state index is 12.9. The summed E-state index contributed by atoms with van der Waals surface area (Å²) in [4.78, 5) is 29.9. The normalized spacial score (nSPS) is 20.3. The quantitative estimate of drug-likeness (QED) is 0.497. The van der Waals surface area contributed by atoms with E-state index < -0.39 is 12.0 Å². The molecular weight excluding hydrogens is 384 g/mol. The Labute approximate surface area is 177 Å². The van der Waals surface area contributed by atoms with Gasteiger partial charge in [-0.15, -0.1) is 6.58 Å². The van der Waals surface area contributed by atoms with Crippen molar-refractivity contribution >= 4 is 12.0 Å². The van der Waals surface area contributed by atoms with Crippen LogP contribution >= 0.6 is 0 Å². The summed E-state index contributed by atoms with van der Waals surface area (Å²) >= 11 is 0. The van der Waals surface area contributed by atoms with Crippen LogP contribution in [0.5, 0.6) is 5.75 Å². The summed E-state index contributed by atoms with van der Waals surface area (Å²) in [6, 6.07) is 6.40. The molecule has 0 saturated carbocycles. The fourth-order valence-corrected chi connectivity index (χ4v) is 3.80. The zero-order valence-corrected chi connectivity index (χ0v) is 17.6. The number of methoxy groups -OCH3 is 1. The number of piperazine rings is 1. The first kappa shape index (κ1) is 21.9. The van der Waals surface area contributed by atoms with E-state index in [1.165, 1.54) is 0 Å². The van der Waals surface area contributed by atoms with E-state index in [9.17, 15) is 9.59 Å². The molecule has 0 radical (unpaired) electrons. The van der Waals surface area contributed by atoms with Crippen molar-refractivity contribution in [3.8, 4) is 5.75 Å².